The van der Waals surface area contributed by atoms with Crippen molar-refractivity contribution in [2.45, 2.75) is 6.10 Å². The van der Waals surface area contributed by atoms with E-state index in [1.54, 1.807) is 0 Å². The summed E-state index contributed by atoms with van der Waals surface area (Å²) in [4.78, 5) is 19.8. The molecule has 0 aliphatic heterocycles. The van der Waals surface area contributed by atoms with Gasteiger partial charge in [-0.3, -0.25) is 9.59 Å². The summed E-state index contributed by atoms with van der Waals surface area (Å²) in [7, 11) is 0. The molecule has 2 N–H and O–H groups in total. The highest BCUT2D eigenvalue weighted by Crippen LogP contribution is 1.82. The first kappa shape index (κ1) is 9.00. The molecule has 0 radical (unpaired) electrons. The quantitative estimate of drug-likeness (QED) is 0.291. The van der Waals surface area contributed by atoms with Gasteiger partial charge in [-0.15, -0.1) is 0 Å². The monoisotopic (exact) mass is 144 g/mol. The zero-order valence-corrected chi connectivity index (χ0v) is 5.23. The van der Waals surface area contributed by atoms with Crippen LogP contribution in [0.1, 0.15) is 0 Å². The second-order valence-electron chi connectivity index (χ2n) is 1.63. The molecule has 0 bridgehead atoms. The number of allylic oxidation sites excluding steroid dienone is 1. The van der Waals surface area contributed by atoms with Crippen molar-refractivity contribution in [3.05, 3.63) is 12.2 Å². The van der Waals surface area contributed by atoms with E-state index in [1.165, 1.54) is 0 Å². The van der Waals surface area contributed by atoms with Crippen molar-refractivity contribution in [1.82, 2.24) is 0 Å². The molecular weight excluding hydrogens is 136 g/mol. The lowest BCUT2D eigenvalue weighted by atomic mass is 10.3. The number of aliphatic hydroxyl groups excluding tert-OH is 2. The number of carbonyl (C=O) groups is 2. The molecule has 0 aliphatic rings. The molecular formula is C6H8O4. The van der Waals surface area contributed by atoms with Crippen LogP contribution in [0, 0.1) is 0 Å². The summed E-state index contributed by atoms with van der Waals surface area (Å²) in [5.41, 5.74) is 0. The highest BCUT2D eigenvalue weighted by Gasteiger charge is 1.95. The average Bonchev–Trinajstić information content (AvgIpc) is 1.99. The molecule has 10 heavy (non-hydrogen) atoms. The second kappa shape index (κ2) is 4.84. The number of rotatable bonds is 4. The normalized spacial score (nSPS) is 13.4. The Morgan fingerprint density at radius 3 is 2.60 bits per heavy atom. The lowest BCUT2D eigenvalue weighted by Crippen LogP contribution is -2.08. The van der Waals surface area contributed by atoms with Gasteiger partial charge in [-0.05, 0) is 12.2 Å². The summed E-state index contributed by atoms with van der Waals surface area (Å²) in [6.07, 6.45) is 1.02. The zero-order chi connectivity index (χ0) is 7.98. The van der Waals surface area contributed by atoms with Crippen molar-refractivity contribution in [1.29, 1.82) is 0 Å². The Labute approximate surface area is 57.8 Å². The Morgan fingerprint density at radius 1 is 1.60 bits per heavy atom. The Hall–Kier alpha value is -1.00. The summed E-state index contributed by atoms with van der Waals surface area (Å²) >= 11 is 0. The van der Waals surface area contributed by atoms with Gasteiger partial charge in [0.05, 0.1) is 12.7 Å². The molecule has 0 aromatic heterocycles. The van der Waals surface area contributed by atoms with Crippen molar-refractivity contribution >= 4 is 12.1 Å². The molecule has 0 fully saturated rings. The highest BCUT2D eigenvalue weighted by atomic mass is 16.3. The minimum absolute atomic E-state index is 0.126. The second-order valence-corrected chi connectivity index (χ2v) is 1.63. The number of aldehydes is 1. The van der Waals surface area contributed by atoms with Crippen LogP contribution in [0.2, 0.25) is 0 Å². The summed E-state index contributed by atoms with van der Waals surface area (Å²) in [5.74, 6) is -0.729. The third kappa shape index (κ3) is 3.94. The van der Waals surface area contributed by atoms with Gasteiger partial charge in [0, 0.05) is 0 Å². The first-order valence-electron chi connectivity index (χ1n) is 2.67. The van der Waals surface area contributed by atoms with E-state index in [0.29, 0.717) is 0 Å². The first-order valence-corrected chi connectivity index (χ1v) is 2.67. The SMILES string of the molecule is O=CC(=O)C=C[C@H](O)CO. The third-order valence-electron chi connectivity index (χ3n) is 0.786. The molecule has 4 heteroatoms. The van der Waals surface area contributed by atoms with Crippen LogP contribution >= 0.6 is 0 Å². The fourth-order valence-corrected chi connectivity index (χ4v) is 0.306. The maximum atomic E-state index is 10.2. The zero-order valence-electron chi connectivity index (χ0n) is 5.23. The minimum atomic E-state index is -1.07. The van der Waals surface area contributed by atoms with Gasteiger partial charge in [0.15, 0.2) is 6.29 Å². The van der Waals surface area contributed by atoms with Crippen LogP contribution < -0.4 is 0 Å². The molecule has 0 aliphatic carbocycles. The van der Waals surface area contributed by atoms with E-state index < -0.39 is 18.5 Å². The van der Waals surface area contributed by atoms with E-state index in [-0.39, 0.29) is 6.29 Å². The van der Waals surface area contributed by atoms with Crippen LogP contribution in [-0.2, 0) is 9.59 Å². The fraction of sp³-hybridized carbons (Fsp3) is 0.333. The van der Waals surface area contributed by atoms with Crippen molar-refractivity contribution in [3.63, 3.8) is 0 Å². The van der Waals surface area contributed by atoms with Gasteiger partial charge in [-0.2, -0.15) is 0 Å². The fourth-order valence-electron chi connectivity index (χ4n) is 0.306. The van der Waals surface area contributed by atoms with Crippen LogP contribution in [-0.4, -0.2) is 35.0 Å². The van der Waals surface area contributed by atoms with Gasteiger partial charge < -0.3 is 10.2 Å². The number of hydrogen-bond acceptors (Lipinski definition) is 4. The van der Waals surface area contributed by atoms with E-state index in [2.05, 4.69) is 0 Å². The maximum absolute atomic E-state index is 10.2. The number of carbonyl (C=O) groups excluding carboxylic acids is 2. The number of aliphatic hydroxyl groups is 2. The topological polar surface area (TPSA) is 74.6 Å². The molecule has 0 heterocycles. The van der Waals surface area contributed by atoms with Crippen molar-refractivity contribution < 1.29 is 19.8 Å². The molecule has 0 spiro atoms. The van der Waals surface area contributed by atoms with Gasteiger partial charge >= 0.3 is 0 Å². The third-order valence-corrected chi connectivity index (χ3v) is 0.786. The summed E-state index contributed by atoms with van der Waals surface area (Å²) in [6.45, 7) is -0.456. The maximum Gasteiger partial charge on any atom is 0.217 e. The number of hydrogen-bond donors (Lipinski definition) is 2. The van der Waals surface area contributed by atoms with Crippen molar-refractivity contribution in [3.8, 4) is 0 Å². The Kier molecular flexibility index (Phi) is 4.36. The van der Waals surface area contributed by atoms with Crippen LogP contribution in [0.15, 0.2) is 12.2 Å². The van der Waals surface area contributed by atoms with E-state index >= 15 is 0 Å². The summed E-state index contributed by atoms with van der Waals surface area (Å²) in [5, 5.41) is 16.8. The van der Waals surface area contributed by atoms with Crippen molar-refractivity contribution in [2.75, 3.05) is 6.61 Å². The summed E-state index contributed by atoms with van der Waals surface area (Å²) < 4.78 is 0. The van der Waals surface area contributed by atoms with Gasteiger partial charge in [0.1, 0.15) is 0 Å². The molecule has 0 saturated carbocycles. The van der Waals surface area contributed by atoms with Gasteiger partial charge in [-0.25, -0.2) is 0 Å². The van der Waals surface area contributed by atoms with E-state index in [0.717, 1.165) is 12.2 Å². The Balaban J connectivity index is 3.74. The smallest absolute Gasteiger partial charge is 0.217 e. The van der Waals surface area contributed by atoms with Gasteiger partial charge in [-0.1, -0.05) is 0 Å². The van der Waals surface area contributed by atoms with Crippen LogP contribution in [0.5, 0.6) is 0 Å². The standard InChI is InChI=1S/C6H8O4/c7-3-5(9)1-2-6(10)4-8/h1-3,6,8,10H,4H2/t6-/m0/s1. The molecule has 1 atom stereocenters. The Morgan fingerprint density at radius 2 is 2.20 bits per heavy atom. The van der Waals surface area contributed by atoms with Crippen LogP contribution in [0.4, 0.5) is 0 Å². The van der Waals surface area contributed by atoms with Gasteiger partial charge in [0.25, 0.3) is 0 Å². The molecule has 0 saturated heterocycles. The molecule has 0 aromatic rings. The van der Waals surface area contributed by atoms with Crippen LogP contribution in [0.3, 0.4) is 0 Å². The lowest BCUT2D eigenvalue weighted by Gasteiger charge is -1.95. The average molecular weight is 144 g/mol. The van der Waals surface area contributed by atoms with E-state index in [9.17, 15) is 9.59 Å². The summed E-state index contributed by atoms with van der Waals surface area (Å²) in [6, 6.07) is 0. The number of ketones is 1. The van der Waals surface area contributed by atoms with E-state index in [4.69, 9.17) is 10.2 Å². The van der Waals surface area contributed by atoms with Crippen LogP contribution in [0.25, 0.3) is 0 Å². The molecule has 0 rings (SSSR count). The van der Waals surface area contributed by atoms with E-state index in [1.807, 2.05) is 0 Å². The minimum Gasteiger partial charge on any atom is -0.393 e. The molecule has 4 nitrogen and oxygen atoms in total. The Bertz CT molecular complexity index is 150. The predicted octanol–water partition coefficient (Wildman–Crippen LogP) is -1.34. The predicted molar refractivity (Wildman–Crippen MR) is 33.3 cm³/mol. The largest absolute Gasteiger partial charge is 0.393 e. The van der Waals surface area contributed by atoms with Crippen molar-refractivity contribution in [2.24, 2.45) is 0 Å². The molecule has 0 aromatic carbocycles. The first-order chi connectivity index (χ1) is 4.70. The molecule has 56 valence electrons. The highest BCUT2D eigenvalue weighted by molar-refractivity contribution is 6.30. The van der Waals surface area contributed by atoms with Gasteiger partial charge in [0.2, 0.25) is 5.78 Å². The lowest BCUT2D eigenvalue weighted by molar-refractivity contribution is -0.126. The molecule has 0 amide bonds. The molecule has 0 unspecified atom stereocenters.